The first-order valence-electron chi connectivity index (χ1n) is 6.27. The smallest absolute Gasteiger partial charge is 0.220 e. The highest BCUT2D eigenvalue weighted by Gasteiger charge is 2.22. The molecule has 3 nitrogen and oxygen atoms in total. The van der Waals surface area contributed by atoms with E-state index in [-0.39, 0.29) is 5.91 Å². The SMILES string of the molecule is CC1CNCCC1NC(=O)CCc1ccsc1. The molecule has 0 aliphatic carbocycles. The molecule has 0 bridgehead atoms. The number of carbonyl (C=O) groups is 1. The van der Waals surface area contributed by atoms with Crippen LogP contribution in [0.3, 0.4) is 0 Å². The Morgan fingerprint density at radius 3 is 3.24 bits per heavy atom. The molecule has 2 rings (SSSR count). The molecule has 0 saturated carbocycles. The average molecular weight is 252 g/mol. The Bertz CT molecular complexity index is 350. The highest BCUT2D eigenvalue weighted by molar-refractivity contribution is 7.07. The first-order valence-corrected chi connectivity index (χ1v) is 7.21. The molecule has 17 heavy (non-hydrogen) atoms. The predicted molar refractivity (Wildman–Crippen MR) is 71.2 cm³/mol. The topological polar surface area (TPSA) is 41.1 Å². The van der Waals surface area contributed by atoms with E-state index in [0.717, 1.165) is 25.9 Å². The molecule has 1 aromatic heterocycles. The quantitative estimate of drug-likeness (QED) is 0.858. The zero-order valence-corrected chi connectivity index (χ0v) is 11.1. The van der Waals surface area contributed by atoms with Crippen molar-refractivity contribution in [2.75, 3.05) is 13.1 Å². The van der Waals surface area contributed by atoms with Gasteiger partial charge < -0.3 is 10.6 Å². The van der Waals surface area contributed by atoms with Gasteiger partial charge >= 0.3 is 0 Å². The summed E-state index contributed by atoms with van der Waals surface area (Å²) in [6.07, 6.45) is 2.51. The number of thiophene rings is 1. The van der Waals surface area contributed by atoms with Gasteiger partial charge in [-0.15, -0.1) is 0 Å². The van der Waals surface area contributed by atoms with Gasteiger partial charge in [-0.1, -0.05) is 6.92 Å². The molecule has 4 heteroatoms. The summed E-state index contributed by atoms with van der Waals surface area (Å²) in [7, 11) is 0. The molecule has 1 fully saturated rings. The fraction of sp³-hybridized carbons (Fsp3) is 0.615. The first kappa shape index (κ1) is 12.6. The Morgan fingerprint density at radius 1 is 1.65 bits per heavy atom. The number of carbonyl (C=O) groups excluding carboxylic acids is 1. The van der Waals surface area contributed by atoms with Crippen molar-refractivity contribution in [1.82, 2.24) is 10.6 Å². The van der Waals surface area contributed by atoms with Crippen LogP contribution in [0, 0.1) is 5.92 Å². The fourth-order valence-corrected chi connectivity index (χ4v) is 2.90. The molecule has 2 heterocycles. The van der Waals surface area contributed by atoms with Gasteiger partial charge in [-0.25, -0.2) is 0 Å². The molecule has 1 aliphatic rings. The lowest BCUT2D eigenvalue weighted by Crippen LogP contribution is -2.48. The normalized spacial score (nSPS) is 24.5. The third-order valence-corrected chi connectivity index (χ3v) is 4.08. The van der Waals surface area contributed by atoms with E-state index in [1.54, 1.807) is 11.3 Å². The Balaban J connectivity index is 1.73. The highest BCUT2D eigenvalue weighted by Crippen LogP contribution is 2.12. The van der Waals surface area contributed by atoms with Crippen molar-refractivity contribution in [2.45, 2.75) is 32.2 Å². The lowest BCUT2D eigenvalue weighted by molar-refractivity contribution is -0.122. The highest BCUT2D eigenvalue weighted by atomic mass is 32.1. The maximum absolute atomic E-state index is 11.8. The van der Waals surface area contributed by atoms with Gasteiger partial charge in [0, 0.05) is 12.5 Å². The van der Waals surface area contributed by atoms with Crippen molar-refractivity contribution >= 4 is 17.2 Å². The Morgan fingerprint density at radius 2 is 2.53 bits per heavy atom. The molecule has 2 atom stereocenters. The Labute approximate surface area is 107 Å². The van der Waals surface area contributed by atoms with Gasteiger partial charge in [0.25, 0.3) is 0 Å². The lowest BCUT2D eigenvalue weighted by atomic mass is 9.95. The van der Waals surface area contributed by atoms with E-state index in [0.29, 0.717) is 18.4 Å². The summed E-state index contributed by atoms with van der Waals surface area (Å²) < 4.78 is 0. The van der Waals surface area contributed by atoms with Crippen LogP contribution in [0.15, 0.2) is 16.8 Å². The molecule has 1 amide bonds. The van der Waals surface area contributed by atoms with E-state index in [4.69, 9.17) is 0 Å². The summed E-state index contributed by atoms with van der Waals surface area (Å²) in [4.78, 5) is 11.8. The van der Waals surface area contributed by atoms with Crippen LogP contribution in [0.1, 0.15) is 25.3 Å². The van der Waals surface area contributed by atoms with Gasteiger partial charge in [-0.2, -0.15) is 11.3 Å². The van der Waals surface area contributed by atoms with Gasteiger partial charge in [-0.3, -0.25) is 4.79 Å². The molecular weight excluding hydrogens is 232 g/mol. The molecular formula is C13H20N2OS. The number of nitrogens with one attached hydrogen (secondary N) is 2. The van der Waals surface area contributed by atoms with Crippen molar-refractivity contribution in [3.8, 4) is 0 Å². The van der Waals surface area contributed by atoms with E-state index < -0.39 is 0 Å². The van der Waals surface area contributed by atoms with Crippen molar-refractivity contribution in [2.24, 2.45) is 5.92 Å². The number of aryl methyl sites for hydroxylation is 1. The molecule has 0 radical (unpaired) electrons. The van der Waals surface area contributed by atoms with Crippen LogP contribution in [0.4, 0.5) is 0 Å². The van der Waals surface area contributed by atoms with E-state index in [2.05, 4.69) is 34.4 Å². The monoisotopic (exact) mass is 252 g/mol. The summed E-state index contributed by atoms with van der Waals surface area (Å²) in [5.41, 5.74) is 1.27. The van der Waals surface area contributed by atoms with Gasteiger partial charge in [-0.05, 0) is 54.2 Å². The van der Waals surface area contributed by atoms with Gasteiger partial charge in [0.2, 0.25) is 5.91 Å². The molecule has 1 aromatic rings. The second kappa shape index (κ2) is 6.17. The third-order valence-electron chi connectivity index (χ3n) is 3.35. The van der Waals surface area contributed by atoms with Gasteiger partial charge in [0.05, 0.1) is 0 Å². The molecule has 1 aliphatic heterocycles. The molecule has 2 unspecified atom stereocenters. The molecule has 0 spiro atoms. The number of rotatable bonds is 4. The van der Waals surface area contributed by atoms with Crippen molar-refractivity contribution in [3.05, 3.63) is 22.4 Å². The summed E-state index contributed by atoms with van der Waals surface area (Å²) in [6.45, 7) is 4.21. The largest absolute Gasteiger partial charge is 0.353 e. The minimum Gasteiger partial charge on any atom is -0.353 e. The van der Waals surface area contributed by atoms with Crippen LogP contribution < -0.4 is 10.6 Å². The lowest BCUT2D eigenvalue weighted by Gasteiger charge is -2.30. The number of piperidine rings is 1. The number of hydrogen-bond donors (Lipinski definition) is 2. The zero-order chi connectivity index (χ0) is 12.1. The Kier molecular flexibility index (Phi) is 4.57. The number of amides is 1. The fourth-order valence-electron chi connectivity index (χ4n) is 2.20. The summed E-state index contributed by atoms with van der Waals surface area (Å²) in [5, 5.41) is 10.7. The van der Waals surface area contributed by atoms with Crippen LogP contribution in [0.25, 0.3) is 0 Å². The average Bonchev–Trinajstić information content (AvgIpc) is 2.82. The standard InChI is InChI=1S/C13H20N2OS/c1-10-8-14-6-4-12(10)15-13(16)3-2-11-5-7-17-9-11/h5,7,9-10,12,14H,2-4,6,8H2,1H3,(H,15,16). The first-order chi connectivity index (χ1) is 8.25. The molecule has 2 N–H and O–H groups in total. The van der Waals surface area contributed by atoms with Crippen LogP contribution >= 0.6 is 11.3 Å². The van der Waals surface area contributed by atoms with E-state index in [1.807, 2.05) is 0 Å². The maximum Gasteiger partial charge on any atom is 0.220 e. The van der Waals surface area contributed by atoms with Crippen molar-refractivity contribution in [3.63, 3.8) is 0 Å². The minimum absolute atomic E-state index is 0.190. The van der Waals surface area contributed by atoms with Crippen LogP contribution in [0.2, 0.25) is 0 Å². The van der Waals surface area contributed by atoms with Crippen LogP contribution in [0.5, 0.6) is 0 Å². The molecule has 94 valence electrons. The van der Waals surface area contributed by atoms with Crippen LogP contribution in [-0.4, -0.2) is 25.0 Å². The Hall–Kier alpha value is -0.870. The van der Waals surface area contributed by atoms with Crippen molar-refractivity contribution < 1.29 is 4.79 Å². The number of hydrogen-bond acceptors (Lipinski definition) is 3. The maximum atomic E-state index is 11.8. The molecule has 0 aromatic carbocycles. The minimum atomic E-state index is 0.190. The zero-order valence-electron chi connectivity index (χ0n) is 10.2. The van der Waals surface area contributed by atoms with Crippen LogP contribution in [-0.2, 0) is 11.2 Å². The third kappa shape index (κ3) is 3.82. The van der Waals surface area contributed by atoms with E-state index in [9.17, 15) is 4.79 Å². The van der Waals surface area contributed by atoms with Gasteiger partial charge in [0.15, 0.2) is 0 Å². The van der Waals surface area contributed by atoms with Crippen molar-refractivity contribution in [1.29, 1.82) is 0 Å². The second-order valence-corrected chi connectivity index (χ2v) is 5.56. The molecule has 1 saturated heterocycles. The van der Waals surface area contributed by atoms with Gasteiger partial charge in [0.1, 0.15) is 0 Å². The summed E-state index contributed by atoms with van der Waals surface area (Å²) in [5.74, 6) is 0.726. The van der Waals surface area contributed by atoms with E-state index in [1.165, 1.54) is 5.56 Å². The van der Waals surface area contributed by atoms with E-state index >= 15 is 0 Å². The summed E-state index contributed by atoms with van der Waals surface area (Å²) >= 11 is 1.69. The summed E-state index contributed by atoms with van der Waals surface area (Å²) in [6, 6.07) is 2.44. The second-order valence-electron chi connectivity index (χ2n) is 4.78. The predicted octanol–water partition coefficient (Wildman–Crippen LogP) is 1.79.